The fourth-order valence-corrected chi connectivity index (χ4v) is 2.97. The Morgan fingerprint density at radius 3 is 2.64 bits per heavy atom. The number of rotatable bonds is 6. The van der Waals surface area contributed by atoms with Gasteiger partial charge in [0.25, 0.3) is 5.91 Å². The molecule has 1 heterocycles. The molecule has 0 spiro atoms. The Kier molecular flexibility index (Phi) is 5.84. The smallest absolute Gasteiger partial charge is 0.324 e. The van der Waals surface area contributed by atoms with Crippen LogP contribution in [0.15, 0.2) is 61.2 Å². The van der Waals surface area contributed by atoms with E-state index in [-0.39, 0.29) is 24.8 Å². The molecule has 2 N–H and O–H groups in total. The molecule has 6 nitrogen and oxygen atoms in total. The fourth-order valence-electron chi connectivity index (χ4n) is 2.97. The summed E-state index contributed by atoms with van der Waals surface area (Å²) >= 11 is 0. The molecule has 1 atom stereocenters. The molecule has 7 heteroatoms. The summed E-state index contributed by atoms with van der Waals surface area (Å²) in [4.78, 5) is 37.9. The highest BCUT2D eigenvalue weighted by atomic mass is 19.1. The average Bonchev–Trinajstić information content (AvgIpc) is 2.69. The standard InChI is InChI=1S/C21H20FN3O3/c1-2-10-23-20(27)15-8-6-14(7-9-15)13-25-19(26)12-18(24-21(25)28)16-4-3-5-17(22)11-16/h2-9,11,18H,1,10,12-13H2,(H,23,27)(H,24,28). The van der Waals surface area contributed by atoms with Gasteiger partial charge in [-0.25, -0.2) is 9.18 Å². The minimum absolute atomic E-state index is 0.0528. The second-order valence-corrected chi connectivity index (χ2v) is 6.44. The Hall–Kier alpha value is -3.48. The van der Waals surface area contributed by atoms with Crippen LogP contribution in [0, 0.1) is 5.82 Å². The molecule has 4 amide bonds. The first-order valence-corrected chi connectivity index (χ1v) is 8.82. The maximum absolute atomic E-state index is 13.4. The number of carbonyl (C=O) groups excluding carboxylic acids is 3. The number of nitrogens with one attached hydrogen (secondary N) is 2. The van der Waals surface area contributed by atoms with E-state index in [0.717, 1.165) is 4.90 Å². The third kappa shape index (κ3) is 4.43. The van der Waals surface area contributed by atoms with Crippen LogP contribution in [0.2, 0.25) is 0 Å². The van der Waals surface area contributed by atoms with Gasteiger partial charge in [-0.15, -0.1) is 6.58 Å². The van der Waals surface area contributed by atoms with Gasteiger partial charge in [0.15, 0.2) is 0 Å². The number of carbonyl (C=O) groups is 3. The quantitative estimate of drug-likeness (QED) is 0.755. The van der Waals surface area contributed by atoms with Crippen molar-refractivity contribution in [3.05, 3.63) is 83.7 Å². The predicted octanol–water partition coefficient (Wildman–Crippen LogP) is 2.92. The van der Waals surface area contributed by atoms with E-state index < -0.39 is 17.9 Å². The highest BCUT2D eigenvalue weighted by molar-refractivity contribution is 5.97. The zero-order chi connectivity index (χ0) is 20.1. The van der Waals surface area contributed by atoms with Crippen LogP contribution >= 0.6 is 0 Å². The first kappa shape index (κ1) is 19.3. The summed E-state index contributed by atoms with van der Waals surface area (Å²) < 4.78 is 13.4. The first-order chi connectivity index (χ1) is 13.5. The molecule has 1 aliphatic rings. The number of hydrogen-bond donors (Lipinski definition) is 2. The monoisotopic (exact) mass is 381 g/mol. The van der Waals surface area contributed by atoms with Crippen molar-refractivity contribution in [1.82, 2.24) is 15.5 Å². The minimum Gasteiger partial charge on any atom is -0.349 e. The lowest BCUT2D eigenvalue weighted by Gasteiger charge is -2.31. The van der Waals surface area contributed by atoms with E-state index in [2.05, 4.69) is 17.2 Å². The van der Waals surface area contributed by atoms with Gasteiger partial charge >= 0.3 is 6.03 Å². The zero-order valence-electron chi connectivity index (χ0n) is 15.2. The molecule has 1 saturated heterocycles. The molecule has 28 heavy (non-hydrogen) atoms. The molecule has 0 aromatic heterocycles. The molecular weight excluding hydrogens is 361 g/mol. The van der Waals surface area contributed by atoms with Crippen LogP contribution in [0.4, 0.5) is 9.18 Å². The summed E-state index contributed by atoms with van der Waals surface area (Å²) in [6, 6.07) is 11.4. The van der Waals surface area contributed by atoms with E-state index in [1.165, 1.54) is 12.1 Å². The maximum atomic E-state index is 13.4. The van der Waals surface area contributed by atoms with Gasteiger partial charge in [0.05, 0.1) is 19.0 Å². The molecule has 0 bridgehead atoms. The van der Waals surface area contributed by atoms with Gasteiger partial charge in [-0.2, -0.15) is 0 Å². The van der Waals surface area contributed by atoms with Gasteiger partial charge in [-0.1, -0.05) is 30.3 Å². The molecule has 1 fully saturated rings. The van der Waals surface area contributed by atoms with Crippen molar-refractivity contribution >= 4 is 17.8 Å². The van der Waals surface area contributed by atoms with Gasteiger partial charge in [0.1, 0.15) is 5.82 Å². The van der Waals surface area contributed by atoms with Gasteiger partial charge in [-0.05, 0) is 35.4 Å². The lowest BCUT2D eigenvalue weighted by molar-refractivity contribution is -0.130. The SMILES string of the molecule is C=CCNC(=O)c1ccc(CN2C(=O)CC(c3cccc(F)c3)NC2=O)cc1. The second kappa shape index (κ2) is 8.47. The van der Waals surface area contributed by atoms with Gasteiger partial charge in [0, 0.05) is 12.1 Å². The molecule has 3 rings (SSSR count). The second-order valence-electron chi connectivity index (χ2n) is 6.44. The number of amides is 4. The summed E-state index contributed by atoms with van der Waals surface area (Å²) in [6.45, 7) is 4.00. The molecule has 1 aliphatic heterocycles. The molecule has 0 radical (unpaired) electrons. The third-order valence-corrected chi connectivity index (χ3v) is 4.44. The molecular formula is C21H20FN3O3. The van der Waals surface area contributed by atoms with E-state index in [0.29, 0.717) is 23.2 Å². The summed E-state index contributed by atoms with van der Waals surface area (Å²) in [7, 11) is 0. The summed E-state index contributed by atoms with van der Waals surface area (Å²) in [5, 5.41) is 5.41. The Morgan fingerprint density at radius 2 is 2.00 bits per heavy atom. The van der Waals surface area contributed by atoms with Crippen molar-refractivity contribution in [2.24, 2.45) is 0 Å². The average molecular weight is 381 g/mol. The minimum atomic E-state index is -0.553. The number of imide groups is 1. The molecule has 144 valence electrons. The first-order valence-electron chi connectivity index (χ1n) is 8.82. The Balaban J connectivity index is 1.65. The highest BCUT2D eigenvalue weighted by Crippen LogP contribution is 2.24. The van der Waals surface area contributed by atoms with Crippen LogP contribution in [-0.2, 0) is 11.3 Å². The Bertz CT molecular complexity index is 893. The summed E-state index contributed by atoms with van der Waals surface area (Å²) in [6.07, 6.45) is 1.64. The van der Waals surface area contributed by atoms with Crippen molar-refractivity contribution in [3.63, 3.8) is 0 Å². The fraction of sp³-hybridized carbons (Fsp3) is 0.190. The molecule has 2 aromatic rings. The third-order valence-electron chi connectivity index (χ3n) is 4.44. The van der Waals surface area contributed by atoms with Gasteiger partial charge < -0.3 is 10.6 Å². The molecule has 0 saturated carbocycles. The largest absolute Gasteiger partial charge is 0.349 e. The topological polar surface area (TPSA) is 78.5 Å². The van der Waals surface area contributed by atoms with Crippen molar-refractivity contribution in [2.75, 3.05) is 6.54 Å². The van der Waals surface area contributed by atoms with E-state index >= 15 is 0 Å². The Morgan fingerprint density at radius 1 is 1.25 bits per heavy atom. The van der Waals surface area contributed by atoms with Crippen LogP contribution in [0.1, 0.15) is 33.9 Å². The van der Waals surface area contributed by atoms with Crippen molar-refractivity contribution in [3.8, 4) is 0 Å². The number of nitrogens with zero attached hydrogens (tertiary/aromatic N) is 1. The zero-order valence-corrected chi connectivity index (χ0v) is 15.2. The van der Waals surface area contributed by atoms with Crippen molar-refractivity contribution < 1.29 is 18.8 Å². The van der Waals surface area contributed by atoms with E-state index in [1.807, 2.05) is 0 Å². The molecule has 2 aromatic carbocycles. The Labute approximate surface area is 162 Å². The lowest BCUT2D eigenvalue weighted by atomic mass is 10.0. The van der Waals surface area contributed by atoms with Crippen molar-refractivity contribution in [1.29, 1.82) is 0 Å². The van der Waals surface area contributed by atoms with Crippen LogP contribution in [0.3, 0.4) is 0 Å². The maximum Gasteiger partial charge on any atom is 0.324 e. The summed E-state index contributed by atoms with van der Waals surface area (Å²) in [5.41, 5.74) is 1.75. The number of halogens is 1. The van der Waals surface area contributed by atoms with Crippen LogP contribution < -0.4 is 10.6 Å². The van der Waals surface area contributed by atoms with Crippen LogP contribution in [0.25, 0.3) is 0 Å². The number of urea groups is 1. The molecule has 0 aliphatic carbocycles. The predicted molar refractivity (Wildman–Crippen MR) is 102 cm³/mol. The van der Waals surface area contributed by atoms with Crippen LogP contribution in [0.5, 0.6) is 0 Å². The lowest BCUT2D eigenvalue weighted by Crippen LogP contribution is -2.50. The van der Waals surface area contributed by atoms with Crippen molar-refractivity contribution in [2.45, 2.75) is 19.0 Å². The highest BCUT2D eigenvalue weighted by Gasteiger charge is 2.32. The van der Waals surface area contributed by atoms with E-state index in [4.69, 9.17) is 0 Å². The number of hydrogen-bond acceptors (Lipinski definition) is 3. The van der Waals surface area contributed by atoms with Gasteiger partial charge in [-0.3, -0.25) is 14.5 Å². The normalized spacial score (nSPS) is 16.5. The van der Waals surface area contributed by atoms with E-state index in [1.54, 1.807) is 42.5 Å². The molecule has 1 unspecified atom stereocenters. The number of benzene rings is 2. The van der Waals surface area contributed by atoms with Crippen LogP contribution in [-0.4, -0.2) is 29.3 Å². The summed E-state index contributed by atoms with van der Waals surface area (Å²) in [5.74, 6) is -0.985. The van der Waals surface area contributed by atoms with E-state index in [9.17, 15) is 18.8 Å². The van der Waals surface area contributed by atoms with Gasteiger partial charge in [0.2, 0.25) is 5.91 Å².